The van der Waals surface area contributed by atoms with Gasteiger partial charge in [-0.15, -0.1) is 0 Å². The highest BCUT2D eigenvalue weighted by atomic mass is 19.1. The monoisotopic (exact) mass is 347 g/mol. The van der Waals surface area contributed by atoms with Gasteiger partial charge in [-0.1, -0.05) is 18.2 Å². The Morgan fingerprint density at radius 1 is 1.20 bits per heavy atom. The zero-order valence-corrected chi connectivity index (χ0v) is 15.2. The number of rotatable bonds is 5. The minimum absolute atomic E-state index is 0.0403. The van der Waals surface area contributed by atoms with Gasteiger partial charge in [-0.3, -0.25) is 9.69 Å². The molecule has 1 N–H and O–H groups in total. The van der Waals surface area contributed by atoms with Crippen LogP contribution in [0.4, 0.5) is 4.39 Å². The van der Waals surface area contributed by atoms with Crippen molar-refractivity contribution < 1.29 is 9.18 Å². The second-order valence-corrected chi connectivity index (χ2v) is 7.53. The fourth-order valence-electron chi connectivity index (χ4n) is 4.07. The molecule has 2 fully saturated rings. The molecule has 1 amide bonds. The Labute approximate surface area is 150 Å². The molecular formula is C20H30FN3O. The Hall–Kier alpha value is -1.46. The molecule has 0 spiro atoms. The van der Waals surface area contributed by atoms with Crippen LogP contribution in [0.25, 0.3) is 0 Å². The van der Waals surface area contributed by atoms with E-state index >= 15 is 0 Å². The van der Waals surface area contributed by atoms with Crippen LogP contribution < -0.4 is 5.32 Å². The number of nitrogens with one attached hydrogen (secondary N) is 1. The molecule has 2 aliphatic heterocycles. The zero-order chi connectivity index (χ0) is 17.6. The van der Waals surface area contributed by atoms with Crippen LogP contribution in [0, 0.1) is 5.82 Å². The molecule has 0 saturated carbocycles. The van der Waals surface area contributed by atoms with E-state index in [4.69, 9.17) is 0 Å². The Kier molecular flexibility index (Phi) is 6.43. The number of likely N-dealkylation sites (tertiary alicyclic amines) is 2. The summed E-state index contributed by atoms with van der Waals surface area (Å²) in [5.41, 5.74) is 0.620. The molecule has 2 heterocycles. The highest BCUT2D eigenvalue weighted by molar-refractivity contribution is 5.76. The van der Waals surface area contributed by atoms with Crippen molar-refractivity contribution in [3.05, 3.63) is 35.6 Å². The van der Waals surface area contributed by atoms with Crippen LogP contribution in [0.15, 0.2) is 24.3 Å². The Morgan fingerprint density at radius 3 is 2.72 bits per heavy atom. The first kappa shape index (κ1) is 18.3. The van der Waals surface area contributed by atoms with Crippen molar-refractivity contribution in [1.82, 2.24) is 15.1 Å². The summed E-state index contributed by atoms with van der Waals surface area (Å²) in [6.07, 6.45) is 5.46. The van der Waals surface area contributed by atoms with E-state index in [2.05, 4.69) is 22.2 Å². The van der Waals surface area contributed by atoms with Crippen molar-refractivity contribution in [2.24, 2.45) is 0 Å². The minimum atomic E-state index is -0.221. The van der Waals surface area contributed by atoms with Crippen LogP contribution in [0.2, 0.25) is 0 Å². The molecule has 1 aromatic carbocycles. The Balaban J connectivity index is 1.44. The van der Waals surface area contributed by atoms with Crippen LogP contribution in [0.1, 0.15) is 37.7 Å². The first-order chi connectivity index (χ1) is 12.1. The molecule has 138 valence electrons. The first-order valence-corrected chi connectivity index (χ1v) is 9.57. The van der Waals surface area contributed by atoms with Gasteiger partial charge in [-0.25, -0.2) is 4.39 Å². The van der Waals surface area contributed by atoms with Gasteiger partial charge in [0.05, 0.1) is 0 Å². The van der Waals surface area contributed by atoms with E-state index in [-0.39, 0.29) is 17.8 Å². The van der Waals surface area contributed by atoms with Crippen molar-refractivity contribution >= 4 is 5.91 Å². The van der Waals surface area contributed by atoms with Gasteiger partial charge >= 0.3 is 0 Å². The number of benzene rings is 1. The number of hydrogen-bond acceptors (Lipinski definition) is 3. The Morgan fingerprint density at radius 2 is 1.96 bits per heavy atom. The second kappa shape index (κ2) is 8.77. The smallest absolute Gasteiger partial charge is 0.220 e. The summed E-state index contributed by atoms with van der Waals surface area (Å²) in [6, 6.07) is 7.60. The topological polar surface area (TPSA) is 35.6 Å². The summed E-state index contributed by atoms with van der Waals surface area (Å²) < 4.78 is 13.6. The van der Waals surface area contributed by atoms with Gasteiger partial charge in [0.2, 0.25) is 5.91 Å². The summed E-state index contributed by atoms with van der Waals surface area (Å²) in [7, 11) is 2.19. The molecule has 1 atom stereocenters. The van der Waals surface area contributed by atoms with Gasteiger partial charge in [-0.05, 0) is 70.4 Å². The third-order valence-corrected chi connectivity index (χ3v) is 5.60. The van der Waals surface area contributed by atoms with Crippen LogP contribution in [0.5, 0.6) is 0 Å². The van der Waals surface area contributed by atoms with Crippen molar-refractivity contribution in [2.75, 3.05) is 33.2 Å². The SMILES string of the molecule is CN1CCC(N2CCC[C@@H](NC(=O)CCc3ccccc3F)C2)CC1. The molecular weight excluding hydrogens is 317 g/mol. The number of aryl methyl sites for hydroxylation is 1. The van der Waals surface area contributed by atoms with Gasteiger partial charge in [0, 0.05) is 25.0 Å². The van der Waals surface area contributed by atoms with E-state index in [1.807, 2.05) is 6.07 Å². The lowest BCUT2D eigenvalue weighted by molar-refractivity contribution is -0.122. The molecule has 0 radical (unpaired) electrons. The molecule has 5 heteroatoms. The molecule has 4 nitrogen and oxygen atoms in total. The van der Waals surface area contributed by atoms with E-state index in [0.29, 0.717) is 24.4 Å². The molecule has 1 aromatic rings. The molecule has 0 aliphatic carbocycles. The maximum atomic E-state index is 13.6. The quantitative estimate of drug-likeness (QED) is 0.889. The van der Waals surface area contributed by atoms with E-state index in [1.165, 1.54) is 32.0 Å². The highest BCUT2D eigenvalue weighted by Gasteiger charge is 2.28. The minimum Gasteiger partial charge on any atom is -0.352 e. The number of nitrogens with zero attached hydrogens (tertiary/aromatic N) is 2. The Bertz CT molecular complexity index is 572. The van der Waals surface area contributed by atoms with Gasteiger partial charge in [0.25, 0.3) is 0 Å². The van der Waals surface area contributed by atoms with E-state index in [9.17, 15) is 9.18 Å². The predicted molar refractivity (Wildman–Crippen MR) is 98.0 cm³/mol. The number of halogens is 1. The maximum Gasteiger partial charge on any atom is 0.220 e. The standard InChI is InChI=1S/C20H30FN3O/c1-23-13-10-18(11-14-23)24-12-4-6-17(15-24)22-20(25)9-8-16-5-2-3-7-19(16)21/h2-3,5,7,17-18H,4,6,8-15H2,1H3,(H,22,25)/t17-/m1/s1. The molecule has 0 aromatic heterocycles. The van der Waals surface area contributed by atoms with Crippen LogP contribution >= 0.6 is 0 Å². The molecule has 2 aliphatic rings. The first-order valence-electron chi connectivity index (χ1n) is 9.57. The van der Waals surface area contributed by atoms with Crippen LogP contribution in [0.3, 0.4) is 0 Å². The third-order valence-electron chi connectivity index (χ3n) is 5.60. The fraction of sp³-hybridized carbons (Fsp3) is 0.650. The lowest BCUT2D eigenvalue weighted by Crippen LogP contribution is -2.53. The zero-order valence-electron chi connectivity index (χ0n) is 15.2. The molecule has 0 unspecified atom stereocenters. The molecule has 0 bridgehead atoms. The van der Waals surface area contributed by atoms with Crippen LogP contribution in [-0.2, 0) is 11.2 Å². The number of piperidine rings is 2. The van der Waals surface area contributed by atoms with E-state index in [0.717, 1.165) is 25.9 Å². The number of hydrogen-bond donors (Lipinski definition) is 1. The maximum absolute atomic E-state index is 13.6. The third kappa shape index (κ3) is 5.25. The predicted octanol–water partition coefficient (Wildman–Crippen LogP) is 2.43. The number of carbonyl (C=O) groups is 1. The average molecular weight is 347 g/mol. The van der Waals surface area contributed by atoms with Gasteiger partial charge in [0.15, 0.2) is 0 Å². The van der Waals surface area contributed by atoms with Gasteiger partial charge < -0.3 is 10.2 Å². The number of carbonyl (C=O) groups excluding carboxylic acids is 1. The van der Waals surface area contributed by atoms with Crippen molar-refractivity contribution in [3.8, 4) is 0 Å². The van der Waals surface area contributed by atoms with Gasteiger partial charge in [0.1, 0.15) is 5.82 Å². The largest absolute Gasteiger partial charge is 0.352 e. The lowest BCUT2D eigenvalue weighted by Gasteiger charge is -2.41. The summed E-state index contributed by atoms with van der Waals surface area (Å²) in [5.74, 6) is -0.181. The van der Waals surface area contributed by atoms with Crippen molar-refractivity contribution in [3.63, 3.8) is 0 Å². The van der Waals surface area contributed by atoms with E-state index in [1.54, 1.807) is 12.1 Å². The second-order valence-electron chi connectivity index (χ2n) is 7.53. The van der Waals surface area contributed by atoms with Crippen LogP contribution in [-0.4, -0.2) is 61.0 Å². The normalized spacial score (nSPS) is 23.5. The van der Waals surface area contributed by atoms with Crippen molar-refractivity contribution in [1.29, 1.82) is 0 Å². The molecule has 25 heavy (non-hydrogen) atoms. The lowest BCUT2D eigenvalue weighted by atomic mass is 9.98. The average Bonchev–Trinajstić information content (AvgIpc) is 2.62. The van der Waals surface area contributed by atoms with Gasteiger partial charge in [-0.2, -0.15) is 0 Å². The summed E-state index contributed by atoms with van der Waals surface area (Å²) in [6.45, 7) is 4.44. The fourth-order valence-corrected chi connectivity index (χ4v) is 4.07. The molecule has 3 rings (SSSR count). The highest BCUT2D eigenvalue weighted by Crippen LogP contribution is 2.20. The summed E-state index contributed by atoms with van der Waals surface area (Å²) in [4.78, 5) is 17.2. The molecule has 2 saturated heterocycles. The van der Waals surface area contributed by atoms with Crippen molar-refractivity contribution in [2.45, 2.75) is 50.6 Å². The van der Waals surface area contributed by atoms with E-state index < -0.39 is 0 Å². The summed E-state index contributed by atoms with van der Waals surface area (Å²) >= 11 is 0. The number of amides is 1. The summed E-state index contributed by atoms with van der Waals surface area (Å²) in [5, 5.41) is 3.17.